The molecule has 0 radical (unpaired) electrons. The van der Waals surface area contributed by atoms with Crippen LogP contribution in [-0.4, -0.2) is 43.5 Å². The Morgan fingerprint density at radius 1 is 1.07 bits per heavy atom. The lowest BCUT2D eigenvalue weighted by Gasteiger charge is -2.23. The van der Waals surface area contributed by atoms with Crippen molar-refractivity contribution in [2.45, 2.75) is 38.3 Å². The molecular weight excluding hydrogens is 404 g/mol. The highest BCUT2D eigenvalue weighted by Gasteiger charge is 2.44. The number of imide groups is 1. The van der Waals surface area contributed by atoms with E-state index in [0.717, 1.165) is 22.4 Å². The van der Waals surface area contributed by atoms with Crippen LogP contribution in [-0.2, 0) is 22.3 Å². The standard InChI is InChI=1S/C22H26N2O5S/c1-3-4-19(25)16-9-11-18(12-10-16)24-20(21(26)23(2)22(24)27)17-7-5-15(6-8-17)13-14-30(28)29/h5-12,19-20,25H,3-4,13-14H2,1-2H3,(H,28,29). The minimum Gasteiger partial charge on any atom is -0.388 e. The van der Waals surface area contributed by atoms with Gasteiger partial charge in [-0.3, -0.25) is 14.6 Å². The number of benzene rings is 2. The van der Waals surface area contributed by atoms with Crippen LogP contribution in [0.5, 0.6) is 0 Å². The number of aliphatic hydroxyl groups is 1. The molecule has 2 N–H and O–H groups in total. The van der Waals surface area contributed by atoms with Gasteiger partial charge >= 0.3 is 6.03 Å². The third-order valence-corrected chi connectivity index (χ3v) is 5.85. The quantitative estimate of drug-likeness (QED) is 0.494. The van der Waals surface area contributed by atoms with Gasteiger partial charge in [-0.25, -0.2) is 9.00 Å². The molecular formula is C22H26N2O5S. The number of aryl methyl sites for hydroxylation is 1. The van der Waals surface area contributed by atoms with E-state index < -0.39 is 29.3 Å². The summed E-state index contributed by atoms with van der Waals surface area (Å²) in [6.45, 7) is 2.00. The molecule has 0 aromatic heterocycles. The Balaban J connectivity index is 1.88. The lowest BCUT2D eigenvalue weighted by Crippen LogP contribution is -2.30. The number of urea groups is 1. The van der Waals surface area contributed by atoms with Gasteiger partial charge in [-0.2, -0.15) is 0 Å². The van der Waals surface area contributed by atoms with Crippen LogP contribution in [0.15, 0.2) is 48.5 Å². The molecule has 8 heteroatoms. The number of rotatable bonds is 8. The van der Waals surface area contributed by atoms with E-state index in [4.69, 9.17) is 4.55 Å². The Bertz CT molecular complexity index is 930. The largest absolute Gasteiger partial charge is 0.388 e. The first kappa shape index (κ1) is 22.1. The minimum atomic E-state index is -1.86. The molecule has 0 bridgehead atoms. The Hall–Kier alpha value is -2.55. The van der Waals surface area contributed by atoms with Crippen molar-refractivity contribution in [1.82, 2.24) is 4.90 Å². The van der Waals surface area contributed by atoms with Crippen molar-refractivity contribution in [3.05, 3.63) is 65.2 Å². The number of nitrogens with zero attached hydrogens (tertiary/aromatic N) is 2. The summed E-state index contributed by atoms with van der Waals surface area (Å²) in [6.07, 6.45) is 1.41. The molecule has 0 aliphatic carbocycles. The van der Waals surface area contributed by atoms with Gasteiger partial charge in [0.2, 0.25) is 0 Å². The summed E-state index contributed by atoms with van der Waals surface area (Å²) in [5, 5.41) is 10.2. The third kappa shape index (κ3) is 4.61. The molecule has 1 fully saturated rings. The van der Waals surface area contributed by atoms with Crippen molar-refractivity contribution in [3.63, 3.8) is 0 Å². The van der Waals surface area contributed by atoms with Crippen LogP contribution in [0, 0.1) is 0 Å². The summed E-state index contributed by atoms with van der Waals surface area (Å²) >= 11 is -1.86. The number of amides is 3. The van der Waals surface area contributed by atoms with Crippen LogP contribution in [0.2, 0.25) is 0 Å². The summed E-state index contributed by atoms with van der Waals surface area (Å²) in [4.78, 5) is 28.2. The van der Waals surface area contributed by atoms with Gasteiger partial charge in [0.25, 0.3) is 5.91 Å². The first-order valence-corrected chi connectivity index (χ1v) is 11.2. The number of hydrogen-bond acceptors (Lipinski definition) is 4. The van der Waals surface area contributed by atoms with Crippen molar-refractivity contribution in [2.75, 3.05) is 17.7 Å². The van der Waals surface area contributed by atoms with Crippen molar-refractivity contribution in [2.24, 2.45) is 0 Å². The van der Waals surface area contributed by atoms with Crippen molar-refractivity contribution < 1.29 is 23.5 Å². The van der Waals surface area contributed by atoms with E-state index in [2.05, 4.69) is 0 Å². The zero-order valence-electron chi connectivity index (χ0n) is 17.0. The van der Waals surface area contributed by atoms with E-state index in [-0.39, 0.29) is 11.7 Å². The first-order chi connectivity index (χ1) is 14.3. The maximum atomic E-state index is 12.8. The fourth-order valence-electron chi connectivity index (χ4n) is 3.58. The van der Waals surface area contributed by atoms with Crippen LogP contribution < -0.4 is 4.90 Å². The van der Waals surface area contributed by atoms with Gasteiger partial charge in [0.15, 0.2) is 11.1 Å². The third-order valence-electron chi connectivity index (χ3n) is 5.29. The van der Waals surface area contributed by atoms with Crippen LogP contribution in [0.25, 0.3) is 0 Å². The fraction of sp³-hybridized carbons (Fsp3) is 0.364. The maximum absolute atomic E-state index is 12.8. The number of aliphatic hydroxyl groups excluding tert-OH is 1. The predicted molar refractivity (Wildman–Crippen MR) is 115 cm³/mol. The number of hydrogen-bond donors (Lipinski definition) is 2. The molecule has 3 amide bonds. The van der Waals surface area contributed by atoms with E-state index in [1.54, 1.807) is 48.5 Å². The lowest BCUT2D eigenvalue weighted by molar-refractivity contribution is -0.126. The van der Waals surface area contributed by atoms with Crippen LogP contribution in [0.1, 0.15) is 48.6 Å². The van der Waals surface area contributed by atoms with Crippen LogP contribution in [0.4, 0.5) is 10.5 Å². The second-order valence-corrected chi connectivity index (χ2v) is 8.42. The van der Waals surface area contributed by atoms with Crippen molar-refractivity contribution in [3.8, 4) is 0 Å². The first-order valence-electron chi connectivity index (χ1n) is 9.88. The normalized spacial score (nSPS) is 18.7. The number of carbonyl (C=O) groups is 2. The summed E-state index contributed by atoms with van der Waals surface area (Å²) in [6, 6.07) is 13.0. The van der Waals surface area contributed by atoms with Gasteiger partial charge in [-0.05, 0) is 41.7 Å². The van der Waals surface area contributed by atoms with E-state index in [0.29, 0.717) is 24.1 Å². The molecule has 3 atom stereocenters. The fourth-order valence-corrected chi connectivity index (χ4v) is 3.99. The molecule has 0 saturated carbocycles. The van der Waals surface area contributed by atoms with E-state index in [1.165, 1.54) is 11.9 Å². The molecule has 3 unspecified atom stereocenters. The van der Waals surface area contributed by atoms with Gasteiger partial charge < -0.3 is 9.66 Å². The lowest BCUT2D eigenvalue weighted by atomic mass is 10.0. The number of anilines is 1. The Kier molecular flexibility index (Phi) is 7.02. The van der Waals surface area contributed by atoms with Crippen LogP contribution in [0.3, 0.4) is 0 Å². The molecule has 1 saturated heterocycles. The van der Waals surface area contributed by atoms with E-state index in [1.807, 2.05) is 6.92 Å². The molecule has 30 heavy (non-hydrogen) atoms. The maximum Gasteiger partial charge on any atom is 0.332 e. The summed E-state index contributed by atoms with van der Waals surface area (Å²) in [7, 11) is 1.46. The highest BCUT2D eigenvalue weighted by molar-refractivity contribution is 7.79. The molecule has 1 aliphatic heterocycles. The van der Waals surface area contributed by atoms with Crippen molar-refractivity contribution in [1.29, 1.82) is 0 Å². The van der Waals surface area contributed by atoms with Gasteiger partial charge in [0.1, 0.15) is 6.04 Å². The highest BCUT2D eigenvalue weighted by Crippen LogP contribution is 2.35. The molecule has 1 aliphatic rings. The van der Waals surface area contributed by atoms with Gasteiger partial charge in [-0.1, -0.05) is 49.7 Å². The zero-order chi connectivity index (χ0) is 21.8. The number of carbonyl (C=O) groups excluding carboxylic acids is 2. The highest BCUT2D eigenvalue weighted by atomic mass is 32.2. The monoisotopic (exact) mass is 430 g/mol. The average molecular weight is 431 g/mol. The van der Waals surface area contributed by atoms with Gasteiger partial charge in [0, 0.05) is 12.7 Å². The molecule has 1 heterocycles. The molecule has 3 rings (SSSR count). The Morgan fingerprint density at radius 2 is 1.70 bits per heavy atom. The summed E-state index contributed by atoms with van der Waals surface area (Å²) < 4.78 is 19.8. The number of likely N-dealkylation sites (N-methyl/N-ethyl adjacent to an activating group) is 1. The van der Waals surface area contributed by atoms with E-state index in [9.17, 15) is 18.9 Å². The summed E-state index contributed by atoms with van der Waals surface area (Å²) in [5.41, 5.74) is 2.90. The topological polar surface area (TPSA) is 98.2 Å². The molecule has 2 aromatic rings. The SMILES string of the molecule is CCCC(O)c1ccc(N2C(=O)N(C)C(=O)C2c2ccc(CCS(=O)O)cc2)cc1. The molecule has 0 spiro atoms. The minimum absolute atomic E-state index is 0.144. The van der Waals surface area contributed by atoms with E-state index >= 15 is 0 Å². The zero-order valence-corrected chi connectivity index (χ0v) is 17.8. The second-order valence-electron chi connectivity index (χ2n) is 7.37. The Morgan fingerprint density at radius 3 is 2.27 bits per heavy atom. The predicted octanol–water partition coefficient (Wildman–Crippen LogP) is 3.42. The molecule has 7 nitrogen and oxygen atoms in total. The molecule has 2 aromatic carbocycles. The smallest absolute Gasteiger partial charge is 0.332 e. The Labute approximate surface area is 178 Å². The van der Waals surface area contributed by atoms with Gasteiger partial charge in [-0.15, -0.1) is 0 Å². The van der Waals surface area contributed by atoms with Gasteiger partial charge in [0.05, 0.1) is 11.9 Å². The second kappa shape index (κ2) is 9.51. The summed E-state index contributed by atoms with van der Waals surface area (Å²) in [5.74, 6) is -0.176. The van der Waals surface area contributed by atoms with Crippen molar-refractivity contribution >= 4 is 28.7 Å². The van der Waals surface area contributed by atoms with Crippen LogP contribution >= 0.6 is 0 Å². The molecule has 160 valence electrons. The average Bonchev–Trinajstić information content (AvgIpc) is 2.97.